The first kappa shape index (κ1) is 10.6. The first-order chi connectivity index (χ1) is 5.20. The number of hydrogen-bond acceptors (Lipinski definition) is 2. The number of hydrogen-bond donors (Lipinski definition) is 0. The Bertz CT molecular complexity index is 191. The molecule has 0 aromatic carbocycles. The summed E-state index contributed by atoms with van der Waals surface area (Å²) in [6, 6.07) is 0. The molecule has 0 fully saturated rings. The number of nitrogens with zero attached hydrogens (tertiary/aromatic N) is 1. The highest BCUT2D eigenvalue weighted by Crippen LogP contribution is 2.17. The van der Waals surface area contributed by atoms with E-state index < -0.39 is 0 Å². The van der Waals surface area contributed by atoms with Gasteiger partial charge in [-0.05, 0) is 6.92 Å². The van der Waals surface area contributed by atoms with Crippen LogP contribution in [0.3, 0.4) is 0 Å². The molecule has 0 aliphatic rings. The highest BCUT2D eigenvalue weighted by molar-refractivity contribution is 7.09. The molecule has 1 aromatic rings. The third-order valence-corrected chi connectivity index (χ3v) is 2.39. The van der Waals surface area contributed by atoms with Crippen LogP contribution in [-0.4, -0.2) is 4.98 Å². The molecule has 1 aromatic heterocycles. The average molecular weight is 171 g/mol. The van der Waals surface area contributed by atoms with Crippen molar-refractivity contribution in [1.29, 1.82) is 0 Å². The summed E-state index contributed by atoms with van der Waals surface area (Å²) in [4.78, 5) is 4.33. The fourth-order valence-corrected chi connectivity index (χ4v) is 1.45. The minimum atomic E-state index is 0.587. The molecule has 0 bridgehead atoms. The van der Waals surface area contributed by atoms with E-state index in [0.717, 1.165) is 5.69 Å². The molecule has 0 aliphatic heterocycles. The van der Waals surface area contributed by atoms with Gasteiger partial charge in [-0.2, -0.15) is 0 Å². The molecular weight excluding hydrogens is 154 g/mol. The van der Waals surface area contributed by atoms with Crippen LogP contribution >= 0.6 is 11.3 Å². The van der Waals surface area contributed by atoms with E-state index in [1.807, 2.05) is 20.8 Å². The number of aromatic nitrogens is 1. The van der Waals surface area contributed by atoms with Crippen LogP contribution in [0.4, 0.5) is 0 Å². The van der Waals surface area contributed by atoms with Gasteiger partial charge in [0.25, 0.3) is 0 Å². The second kappa shape index (κ2) is 5.30. The SMILES string of the molecule is CC.Cc1csc(C(C)C)n1. The molecule has 1 nitrogen and oxygen atoms in total. The van der Waals surface area contributed by atoms with Crippen LogP contribution in [0.1, 0.15) is 44.3 Å². The predicted molar refractivity (Wildman–Crippen MR) is 52.3 cm³/mol. The summed E-state index contributed by atoms with van der Waals surface area (Å²) in [6.45, 7) is 10.4. The largest absolute Gasteiger partial charge is 0.246 e. The fourth-order valence-electron chi connectivity index (χ4n) is 0.637. The van der Waals surface area contributed by atoms with E-state index in [1.165, 1.54) is 5.01 Å². The van der Waals surface area contributed by atoms with Crippen LogP contribution in [0, 0.1) is 6.92 Å². The quantitative estimate of drug-likeness (QED) is 0.629. The van der Waals surface area contributed by atoms with Gasteiger partial charge < -0.3 is 0 Å². The summed E-state index contributed by atoms with van der Waals surface area (Å²) >= 11 is 1.75. The normalized spacial score (nSPS) is 9.27. The summed E-state index contributed by atoms with van der Waals surface area (Å²) in [5.74, 6) is 0.587. The van der Waals surface area contributed by atoms with E-state index in [2.05, 4.69) is 24.2 Å². The van der Waals surface area contributed by atoms with Crippen molar-refractivity contribution in [2.24, 2.45) is 0 Å². The zero-order chi connectivity index (χ0) is 8.85. The highest BCUT2D eigenvalue weighted by atomic mass is 32.1. The maximum absolute atomic E-state index is 4.33. The lowest BCUT2D eigenvalue weighted by Gasteiger charge is -1.94. The van der Waals surface area contributed by atoms with Gasteiger partial charge in [0.15, 0.2) is 0 Å². The van der Waals surface area contributed by atoms with Crippen molar-refractivity contribution >= 4 is 11.3 Å². The molecule has 64 valence electrons. The number of aryl methyl sites for hydroxylation is 1. The second-order valence-corrected chi connectivity index (χ2v) is 3.37. The van der Waals surface area contributed by atoms with Crippen molar-refractivity contribution in [2.45, 2.75) is 40.5 Å². The summed E-state index contributed by atoms with van der Waals surface area (Å²) in [7, 11) is 0. The Kier molecular flexibility index (Phi) is 5.12. The number of rotatable bonds is 1. The zero-order valence-corrected chi connectivity index (χ0v) is 8.83. The Morgan fingerprint density at radius 1 is 1.36 bits per heavy atom. The van der Waals surface area contributed by atoms with Gasteiger partial charge in [0.1, 0.15) is 0 Å². The Morgan fingerprint density at radius 2 is 1.91 bits per heavy atom. The summed E-state index contributed by atoms with van der Waals surface area (Å²) < 4.78 is 0. The lowest BCUT2D eigenvalue weighted by Crippen LogP contribution is -1.83. The lowest BCUT2D eigenvalue weighted by molar-refractivity contribution is 0.847. The summed E-state index contributed by atoms with van der Waals surface area (Å²) in [5.41, 5.74) is 1.14. The molecule has 0 saturated heterocycles. The molecule has 1 heterocycles. The van der Waals surface area contributed by atoms with Crippen LogP contribution in [-0.2, 0) is 0 Å². The first-order valence-electron chi connectivity index (χ1n) is 4.12. The van der Waals surface area contributed by atoms with E-state index in [0.29, 0.717) is 5.92 Å². The van der Waals surface area contributed by atoms with Gasteiger partial charge in [0.2, 0.25) is 0 Å². The lowest BCUT2D eigenvalue weighted by atomic mass is 10.2. The van der Waals surface area contributed by atoms with E-state index in [1.54, 1.807) is 11.3 Å². The smallest absolute Gasteiger partial charge is 0.0953 e. The van der Waals surface area contributed by atoms with Crippen LogP contribution in [0.15, 0.2) is 5.38 Å². The Labute approximate surface area is 73.5 Å². The molecule has 11 heavy (non-hydrogen) atoms. The van der Waals surface area contributed by atoms with Gasteiger partial charge in [-0.1, -0.05) is 27.7 Å². The Hall–Kier alpha value is -0.370. The standard InChI is InChI=1S/C7H11NS.C2H6/c1-5(2)7-8-6(3)4-9-7;1-2/h4-5H,1-3H3;1-2H3. The maximum atomic E-state index is 4.33. The average Bonchev–Trinajstić information content (AvgIpc) is 2.40. The van der Waals surface area contributed by atoms with Gasteiger partial charge in [-0.15, -0.1) is 11.3 Å². The predicted octanol–water partition coefficient (Wildman–Crippen LogP) is 3.60. The van der Waals surface area contributed by atoms with Crippen LogP contribution in [0.25, 0.3) is 0 Å². The second-order valence-electron chi connectivity index (χ2n) is 2.48. The van der Waals surface area contributed by atoms with E-state index in [9.17, 15) is 0 Å². The molecule has 0 amide bonds. The van der Waals surface area contributed by atoms with Crippen molar-refractivity contribution < 1.29 is 0 Å². The molecule has 0 N–H and O–H groups in total. The molecule has 0 spiro atoms. The third kappa shape index (κ3) is 3.51. The van der Waals surface area contributed by atoms with Crippen molar-refractivity contribution in [3.05, 3.63) is 16.1 Å². The highest BCUT2D eigenvalue weighted by Gasteiger charge is 2.01. The minimum Gasteiger partial charge on any atom is -0.246 e. The van der Waals surface area contributed by atoms with Crippen molar-refractivity contribution in [2.75, 3.05) is 0 Å². The molecular formula is C9H17NS. The molecule has 0 saturated carbocycles. The summed E-state index contributed by atoms with van der Waals surface area (Å²) in [5, 5.41) is 3.34. The van der Waals surface area contributed by atoms with Crippen molar-refractivity contribution in [3.63, 3.8) is 0 Å². The van der Waals surface area contributed by atoms with Crippen LogP contribution < -0.4 is 0 Å². The molecule has 2 heteroatoms. The van der Waals surface area contributed by atoms with Gasteiger partial charge in [0, 0.05) is 17.0 Å². The molecule has 0 unspecified atom stereocenters. The van der Waals surface area contributed by atoms with E-state index in [-0.39, 0.29) is 0 Å². The zero-order valence-electron chi connectivity index (χ0n) is 8.01. The Balaban J connectivity index is 0.000000461. The first-order valence-corrected chi connectivity index (χ1v) is 5.00. The van der Waals surface area contributed by atoms with Gasteiger partial charge >= 0.3 is 0 Å². The fraction of sp³-hybridized carbons (Fsp3) is 0.667. The topological polar surface area (TPSA) is 12.9 Å². The number of thiazole rings is 1. The van der Waals surface area contributed by atoms with Crippen molar-refractivity contribution in [3.8, 4) is 0 Å². The molecule has 0 atom stereocenters. The molecule has 0 aliphatic carbocycles. The van der Waals surface area contributed by atoms with Crippen LogP contribution in [0.5, 0.6) is 0 Å². The van der Waals surface area contributed by atoms with E-state index in [4.69, 9.17) is 0 Å². The monoisotopic (exact) mass is 171 g/mol. The molecule has 0 radical (unpaired) electrons. The minimum absolute atomic E-state index is 0.587. The molecule has 1 rings (SSSR count). The van der Waals surface area contributed by atoms with E-state index >= 15 is 0 Å². The maximum Gasteiger partial charge on any atom is 0.0953 e. The summed E-state index contributed by atoms with van der Waals surface area (Å²) in [6.07, 6.45) is 0. The van der Waals surface area contributed by atoms with Crippen LogP contribution in [0.2, 0.25) is 0 Å². The van der Waals surface area contributed by atoms with Gasteiger partial charge in [-0.3, -0.25) is 0 Å². The van der Waals surface area contributed by atoms with Gasteiger partial charge in [0.05, 0.1) is 5.01 Å². The Morgan fingerprint density at radius 3 is 2.09 bits per heavy atom. The third-order valence-electron chi connectivity index (χ3n) is 1.13. The van der Waals surface area contributed by atoms with Gasteiger partial charge in [-0.25, -0.2) is 4.98 Å². The van der Waals surface area contributed by atoms with Crippen molar-refractivity contribution in [1.82, 2.24) is 4.98 Å².